The van der Waals surface area contributed by atoms with Gasteiger partial charge in [0.2, 0.25) is 11.6 Å². The lowest BCUT2D eigenvalue weighted by Gasteiger charge is -2.25. The lowest BCUT2D eigenvalue weighted by molar-refractivity contribution is -0.438. The molecule has 5 rings (SSSR count). The van der Waals surface area contributed by atoms with Crippen LogP contribution in [0.1, 0.15) is 77.5 Å². The van der Waals surface area contributed by atoms with Crippen molar-refractivity contribution in [2.24, 2.45) is 5.84 Å². The van der Waals surface area contributed by atoms with Gasteiger partial charge in [-0.1, -0.05) is 68.5 Å². The Bertz CT molecular complexity index is 2170. The minimum Gasteiger partial charge on any atom is -0.351 e. The number of hydrogen-bond acceptors (Lipinski definition) is 7. The molecule has 3 aromatic rings. The summed E-state index contributed by atoms with van der Waals surface area (Å²) in [5, 5.41) is 8.17. The van der Waals surface area contributed by atoms with Gasteiger partial charge in [0.25, 0.3) is 10.1 Å². The highest BCUT2D eigenvalue weighted by Crippen LogP contribution is 2.48. The second kappa shape index (κ2) is 18.2. The second-order valence-corrected chi connectivity index (χ2v) is 18.2. The van der Waals surface area contributed by atoms with E-state index < -0.39 is 16.1 Å². The predicted octanol–water partition coefficient (Wildman–Crippen LogP) is 7.00. The first-order chi connectivity index (χ1) is 26.6. The molecule has 0 spiro atoms. The van der Waals surface area contributed by atoms with Crippen molar-refractivity contribution in [3.05, 3.63) is 107 Å². The monoisotopic (exact) mass is 801 g/mol. The van der Waals surface area contributed by atoms with Gasteiger partial charge in [0.05, 0.1) is 16.9 Å². The maximum absolute atomic E-state index is 12.6. The third-order valence-corrected chi connectivity index (χ3v) is 12.5. The van der Waals surface area contributed by atoms with Gasteiger partial charge in [-0.05, 0) is 86.4 Å². The molecular weight excluding hydrogens is 745 g/mol. The Balaban J connectivity index is 1.28. The number of carbonyl (C=O) groups is 2. The molecule has 6 N–H and O–H groups in total. The molecule has 3 amide bonds. The van der Waals surface area contributed by atoms with Gasteiger partial charge in [0, 0.05) is 60.1 Å². The number of anilines is 1. The fraction of sp³-hybridized carbons (Fsp3) is 0.419. The van der Waals surface area contributed by atoms with Gasteiger partial charge < -0.3 is 15.5 Å². The van der Waals surface area contributed by atoms with Crippen LogP contribution < -0.4 is 26.8 Å². The van der Waals surface area contributed by atoms with E-state index in [0.717, 1.165) is 35.7 Å². The number of unbranched alkanes of at least 4 members (excludes halogenated alkanes) is 1. The summed E-state index contributed by atoms with van der Waals surface area (Å²) in [6.07, 6.45) is 12.3. The first kappa shape index (κ1) is 42.7. The van der Waals surface area contributed by atoms with Gasteiger partial charge in [-0.25, -0.2) is 10.6 Å². The quantitative estimate of drug-likeness (QED) is 0.0186. The summed E-state index contributed by atoms with van der Waals surface area (Å²) < 4.78 is 34.4. The number of carbonyl (C=O) groups excluding carboxylic acids is 2. The third-order valence-electron chi connectivity index (χ3n) is 10.7. The van der Waals surface area contributed by atoms with Gasteiger partial charge in [0.1, 0.15) is 6.54 Å². The molecular formula is C43H57N6O5S2+. The molecule has 0 radical (unpaired) electrons. The molecule has 56 heavy (non-hydrogen) atoms. The SMILES string of the molecule is CCN1/C(=C/C=C/C=C/C2=[N+](CCCCS(=O)(=O)O)c3ccc4ccccc4c3C2(C)C)C(C)(C)c2cc(CNC(=O)CSCCC(C)NC(=O)NN)ccc21. The van der Waals surface area contributed by atoms with Gasteiger partial charge >= 0.3 is 6.03 Å². The number of nitrogens with two attached hydrogens (primary N) is 1. The van der Waals surface area contributed by atoms with E-state index in [-0.39, 0.29) is 28.5 Å². The summed E-state index contributed by atoms with van der Waals surface area (Å²) in [4.78, 5) is 26.3. The highest BCUT2D eigenvalue weighted by Gasteiger charge is 2.45. The van der Waals surface area contributed by atoms with E-state index in [0.29, 0.717) is 31.7 Å². The normalized spacial score (nSPS) is 17.2. The molecule has 300 valence electrons. The zero-order valence-corrected chi connectivity index (χ0v) is 35.0. The average Bonchev–Trinajstić information content (AvgIpc) is 3.51. The van der Waals surface area contributed by atoms with Crippen LogP contribution in [-0.4, -0.2) is 71.6 Å². The summed E-state index contributed by atoms with van der Waals surface area (Å²) in [6, 6.07) is 18.7. The van der Waals surface area contributed by atoms with Crippen molar-refractivity contribution in [2.45, 2.75) is 84.2 Å². The maximum Gasteiger partial charge on any atom is 0.329 e. The van der Waals surface area contributed by atoms with E-state index in [1.807, 2.05) is 6.92 Å². The van der Waals surface area contributed by atoms with Crippen molar-refractivity contribution in [2.75, 3.05) is 35.2 Å². The van der Waals surface area contributed by atoms with Crippen LogP contribution in [0.25, 0.3) is 10.8 Å². The predicted molar refractivity (Wildman–Crippen MR) is 230 cm³/mol. The average molecular weight is 802 g/mol. The zero-order chi connectivity index (χ0) is 40.7. The number of hydrogen-bond donors (Lipinski definition) is 5. The zero-order valence-electron chi connectivity index (χ0n) is 33.4. The van der Waals surface area contributed by atoms with E-state index in [4.69, 9.17) is 5.84 Å². The molecule has 1 atom stereocenters. The van der Waals surface area contributed by atoms with Crippen molar-refractivity contribution in [1.82, 2.24) is 16.1 Å². The Morgan fingerprint density at radius 3 is 2.52 bits per heavy atom. The molecule has 2 aliphatic rings. The van der Waals surface area contributed by atoms with Gasteiger partial charge in [-0.15, -0.1) is 0 Å². The van der Waals surface area contributed by atoms with Crippen LogP contribution in [-0.2, 0) is 32.3 Å². The van der Waals surface area contributed by atoms with Gasteiger partial charge in [0.15, 0.2) is 5.71 Å². The van der Waals surface area contributed by atoms with Crippen molar-refractivity contribution in [3.8, 4) is 0 Å². The molecule has 3 aromatic carbocycles. The van der Waals surface area contributed by atoms with Crippen molar-refractivity contribution >= 4 is 61.7 Å². The number of urea groups is 1. The van der Waals surface area contributed by atoms with E-state index in [1.165, 1.54) is 45.0 Å². The molecule has 0 saturated carbocycles. The number of allylic oxidation sites excluding steroid dienone is 6. The molecule has 0 aliphatic carbocycles. The summed E-state index contributed by atoms with van der Waals surface area (Å²) in [5.74, 6) is 5.93. The number of nitrogens with zero attached hydrogens (tertiary/aromatic N) is 2. The number of nitrogens with one attached hydrogen (secondary N) is 3. The van der Waals surface area contributed by atoms with Crippen molar-refractivity contribution in [3.63, 3.8) is 0 Å². The van der Waals surface area contributed by atoms with Crippen LogP contribution in [0.2, 0.25) is 0 Å². The second-order valence-electron chi connectivity index (χ2n) is 15.5. The Kier molecular flexibility index (Phi) is 13.9. The number of rotatable bonds is 17. The number of benzene rings is 3. The molecule has 0 bridgehead atoms. The Morgan fingerprint density at radius 2 is 1.79 bits per heavy atom. The Hall–Kier alpha value is -4.43. The first-order valence-electron chi connectivity index (χ1n) is 19.3. The molecule has 0 saturated heterocycles. The molecule has 2 heterocycles. The highest BCUT2D eigenvalue weighted by molar-refractivity contribution is 7.99. The summed E-state index contributed by atoms with van der Waals surface area (Å²) in [6.45, 7) is 14.9. The van der Waals surface area contributed by atoms with Crippen LogP contribution in [0.15, 0.2) is 90.7 Å². The van der Waals surface area contributed by atoms with Crippen LogP contribution in [0.3, 0.4) is 0 Å². The van der Waals surface area contributed by atoms with E-state index in [1.54, 1.807) is 0 Å². The number of thioether (sulfide) groups is 1. The van der Waals surface area contributed by atoms with Crippen molar-refractivity contribution < 1.29 is 27.1 Å². The summed E-state index contributed by atoms with van der Waals surface area (Å²) in [5.41, 5.74) is 9.64. The molecule has 13 heteroatoms. The minimum absolute atomic E-state index is 0.0271. The number of hydrazine groups is 1. The van der Waals surface area contributed by atoms with Crippen molar-refractivity contribution in [1.29, 1.82) is 0 Å². The fourth-order valence-electron chi connectivity index (χ4n) is 7.88. The topological polar surface area (TPSA) is 157 Å². The highest BCUT2D eigenvalue weighted by atomic mass is 32.2. The maximum atomic E-state index is 12.6. The van der Waals surface area contributed by atoms with E-state index in [9.17, 15) is 22.6 Å². The lowest BCUT2D eigenvalue weighted by Crippen LogP contribution is -2.44. The Labute approximate surface area is 336 Å². The van der Waals surface area contributed by atoms with Crippen LogP contribution in [0, 0.1) is 0 Å². The minimum atomic E-state index is -4.01. The van der Waals surface area contributed by atoms with E-state index in [2.05, 4.69) is 145 Å². The molecule has 0 fully saturated rings. The fourth-order valence-corrected chi connectivity index (χ4v) is 9.40. The molecule has 0 aromatic heterocycles. The van der Waals surface area contributed by atoms with Crippen LogP contribution >= 0.6 is 11.8 Å². The standard InChI is InChI=1S/C43H56N6O5S2/c1-7-48-35-21-19-31(28-45-39(50)29-55-25-23-30(2)46-41(51)47-44)27-34(35)42(3,4)37(48)17-9-8-10-18-38-43(5,6)40-33-16-12-11-15-32(33)20-22-36(40)49(38)24-13-14-26-56(52,53)54/h8-12,15-22,27,30H,7,13-14,23-26,28-29,44H2,1-6H3,(H3-,45,46,47,50,51,52,53,54)/p+1. The molecule has 11 nitrogen and oxygen atoms in total. The number of fused-ring (bicyclic) bond motifs is 4. The van der Waals surface area contributed by atoms with Gasteiger partial charge in [-0.3, -0.25) is 14.8 Å². The van der Waals surface area contributed by atoms with Crippen LogP contribution in [0.5, 0.6) is 0 Å². The number of amides is 3. The molecule has 2 aliphatic heterocycles. The van der Waals surface area contributed by atoms with E-state index >= 15 is 0 Å². The van der Waals surface area contributed by atoms with Crippen LogP contribution in [0.4, 0.5) is 16.2 Å². The first-order valence-corrected chi connectivity index (χ1v) is 22.0. The van der Waals surface area contributed by atoms with Gasteiger partial charge in [-0.2, -0.15) is 24.8 Å². The lowest BCUT2D eigenvalue weighted by atomic mass is 9.79. The summed E-state index contributed by atoms with van der Waals surface area (Å²) >= 11 is 1.53. The smallest absolute Gasteiger partial charge is 0.329 e. The largest absolute Gasteiger partial charge is 0.351 e. The summed E-state index contributed by atoms with van der Waals surface area (Å²) in [7, 11) is -4.01. The Morgan fingerprint density at radius 1 is 1.02 bits per heavy atom. The third kappa shape index (κ3) is 9.92. The molecule has 1 unspecified atom stereocenters. The number of likely N-dealkylation sites (N-methyl/N-ethyl adjacent to an activating group) is 1.